The summed E-state index contributed by atoms with van der Waals surface area (Å²) in [4.78, 5) is 66.8. The van der Waals surface area contributed by atoms with Gasteiger partial charge in [-0.25, -0.2) is 4.98 Å². The molecule has 3 aromatic carbocycles. The fourth-order valence-corrected chi connectivity index (χ4v) is 10.9. The second-order valence-electron chi connectivity index (χ2n) is 18.7. The van der Waals surface area contributed by atoms with E-state index in [1.165, 1.54) is 4.90 Å². The summed E-state index contributed by atoms with van der Waals surface area (Å²) < 4.78 is 1.94. The van der Waals surface area contributed by atoms with Crippen molar-refractivity contribution in [3.63, 3.8) is 0 Å². The van der Waals surface area contributed by atoms with Gasteiger partial charge in [0.1, 0.15) is 29.0 Å². The van der Waals surface area contributed by atoms with E-state index in [9.17, 15) is 29.4 Å². The predicted molar refractivity (Wildman–Crippen MR) is 261 cm³/mol. The minimum absolute atomic E-state index is 0.0124. The number of aliphatic hydroxyl groups is 1. The fraction of sp³-hybridized carbons (Fsp3) is 0.373. The maximum Gasteiger partial charge on any atom is 0.306 e. The number of β-amino-alcohol motifs (C(OH)–C–C–N with tert-alkyl or cyclic N) is 1. The second kappa shape index (κ2) is 19.1. The Morgan fingerprint density at radius 2 is 1.60 bits per heavy atom. The van der Waals surface area contributed by atoms with Crippen LogP contribution in [0, 0.1) is 33.1 Å². The van der Waals surface area contributed by atoms with Gasteiger partial charge >= 0.3 is 5.97 Å². The molecule has 8 rings (SSSR count). The molecule has 14 nitrogen and oxygen atoms in total. The number of carboxylic acid groups (broad SMARTS) is 1. The Hall–Kier alpha value is -6.36. The largest absolute Gasteiger partial charge is 0.481 e. The van der Waals surface area contributed by atoms with Crippen LogP contribution in [0.5, 0.6) is 0 Å². The highest BCUT2D eigenvalue weighted by Crippen LogP contribution is 2.40. The number of hydrogen-bond donors (Lipinski definition) is 4. The van der Waals surface area contributed by atoms with Gasteiger partial charge < -0.3 is 25.7 Å². The molecule has 4 N–H and O–H groups in total. The molecule has 348 valence electrons. The molecule has 0 radical (unpaired) electrons. The van der Waals surface area contributed by atoms with Crippen LogP contribution in [0.4, 0.5) is 0 Å². The third-order valence-electron chi connectivity index (χ3n) is 12.7. The number of rotatable bonds is 13. The zero-order valence-corrected chi connectivity index (χ0v) is 40.6. The monoisotopic (exact) mass is 940 g/mol. The molecule has 3 amide bonds. The highest BCUT2D eigenvalue weighted by atomic mass is 32.1. The summed E-state index contributed by atoms with van der Waals surface area (Å²) in [5.74, 6) is -0.870. The minimum Gasteiger partial charge on any atom is -0.481 e. The van der Waals surface area contributed by atoms with Crippen LogP contribution in [0.1, 0.15) is 109 Å². The SMILES string of the molecule is Cc1ncsc1-c1ccc(C(C)NC(=O)[C@@H]2C[C@@H](O)CN2C(=O)C(NC(=O)CCc2cccc(-c3ccc(C4=N[C@@H](CC(=O)O)c5nnc(C)n5-c5sc(C)c(C)c54)cc3)c2)C(C)(C)C)cc1. The summed E-state index contributed by atoms with van der Waals surface area (Å²) in [6.07, 6.45) is -0.464. The van der Waals surface area contributed by atoms with E-state index in [-0.39, 0.29) is 43.7 Å². The molecular weight excluding hydrogens is 885 g/mol. The lowest BCUT2D eigenvalue weighted by molar-refractivity contribution is -0.144. The third kappa shape index (κ3) is 9.88. The van der Waals surface area contributed by atoms with Crippen molar-refractivity contribution >= 4 is 52.1 Å². The fourth-order valence-electron chi connectivity index (χ4n) is 8.92. The number of fused-ring (bicyclic) bond motifs is 3. The minimum atomic E-state index is -0.974. The number of aliphatic hydroxyl groups excluding tert-OH is 1. The van der Waals surface area contributed by atoms with Gasteiger partial charge in [-0.3, -0.25) is 28.7 Å². The number of carboxylic acids is 1. The molecule has 5 heterocycles. The molecule has 6 aromatic rings. The van der Waals surface area contributed by atoms with Crippen molar-refractivity contribution in [2.24, 2.45) is 10.4 Å². The van der Waals surface area contributed by atoms with Crippen molar-refractivity contribution in [2.75, 3.05) is 6.54 Å². The first-order valence-corrected chi connectivity index (χ1v) is 24.2. The summed E-state index contributed by atoms with van der Waals surface area (Å²) in [7, 11) is 0. The number of benzene rings is 3. The number of thiazole rings is 1. The quantitative estimate of drug-likeness (QED) is 0.0888. The van der Waals surface area contributed by atoms with Crippen molar-refractivity contribution in [1.82, 2.24) is 35.3 Å². The van der Waals surface area contributed by atoms with E-state index in [4.69, 9.17) is 4.99 Å². The number of carbonyl (C=O) groups is 4. The number of hydrogen-bond acceptors (Lipinski definition) is 11. The molecule has 1 saturated heterocycles. The number of nitrogens with zero attached hydrogens (tertiary/aromatic N) is 6. The van der Waals surface area contributed by atoms with Crippen LogP contribution in [0.15, 0.2) is 83.3 Å². The van der Waals surface area contributed by atoms with Gasteiger partial charge in [0.15, 0.2) is 5.82 Å². The van der Waals surface area contributed by atoms with Crippen LogP contribution in [0.25, 0.3) is 26.6 Å². The van der Waals surface area contributed by atoms with E-state index in [0.717, 1.165) is 65.0 Å². The van der Waals surface area contributed by atoms with Crippen molar-refractivity contribution in [3.05, 3.63) is 128 Å². The molecule has 2 aliphatic heterocycles. The smallest absolute Gasteiger partial charge is 0.306 e. The standard InChI is InChI=1S/C51H56N8O6S2/c1-27-30(4)67-50-43(27)44(54-39(24-42(62)63)47-57-56-31(5)59(47)50)35-17-15-34(16-18-35)37-11-9-10-32(22-37)12-21-41(61)55-46(51(6,7)8)49(65)58-25-38(60)23-40(58)48(64)53-28(2)33-13-19-36(20-14-33)45-29(3)52-26-66-45/h9-11,13-20,22,26,28,38-40,46,60H,12,21,23-25H2,1-8H3,(H,53,64)(H,55,61)(H,62,63)/t28?,38-,39+,40+,46?/m1/s1. The Kier molecular flexibility index (Phi) is 13.4. The second-order valence-corrected chi connectivity index (χ2v) is 20.7. The third-order valence-corrected chi connectivity index (χ3v) is 14.9. The van der Waals surface area contributed by atoms with Crippen LogP contribution in [0.2, 0.25) is 0 Å². The molecule has 3 aromatic heterocycles. The molecule has 16 heteroatoms. The lowest BCUT2D eigenvalue weighted by atomic mass is 9.85. The Labute approximate surface area is 398 Å². The summed E-state index contributed by atoms with van der Waals surface area (Å²) in [5, 5.41) is 36.2. The zero-order valence-electron chi connectivity index (χ0n) is 39.0. The zero-order chi connectivity index (χ0) is 47.9. The van der Waals surface area contributed by atoms with Crippen LogP contribution in [0.3, 0.4) is 0 Å². The summed E-state index contributed by atoms with van der Waals surface area (Å²) in [6.45, 7) is 15.5. The molecular formula is C51H56N8O6S2. The van der Waals surface area contributed by atoms with E-state index in [1.54, 1.807) is 22.7 Å². The predicted octanol–water partition coefficient (Wildman–Crippen LogP) is 8.02. The van der Waals surface area contributed by atoms with Gasteiger partial charge in [0.2, 0.25) is 17.7 Å². The highest BCUT2D eigenvalue weighted by Gasteiger charge is 2.45. The Morgan fingerprint density at radius 1 is 0.896 bits per heavy atom. The van der Waals surface area contributed by atoms with E-state index in [1.807, 2.05) is 124 Å². The topological polar surface area (TPSA) is 192 Å². The maximum absolute atomic E-state index is 14.3. The van der Waals surface area contributed by atoms with Crippen molar-refractivity contribution in [2.45, 2.75) is 111 Å². The first-order chi connectivity index (χ1) is 31.9. The first-order valence-electron chi connectivity index (χ1n) is 22.5. The summed E-state index contributed by atoms with van der Waals surface area (Å²) in [5.41, 5.74) is 10.5. The van der Waals surface area contributed by atoms with Gasteiger partial charge in [-0.2, -0.15) is 0 Å². The number of thiophene rings is 1. The average molecular weight is 941 g/mol. The van der Waals surface area contributed by atoms with Gasteiger partial charge in [0, 0.05) is 35.4 Å². The normalized spacial score (nSPS) is 17.8. The molecule has 67 heavy (non-hydrogen) atoms. The molecule has 0 aliphatic carbocycles. The summed E-state index contributed by atoms with van der Waals surface area (Å²) >= 11 is 3.19. The number of aromatic nitrogens is 4. The number of aliphatic imine (C=N–C) groups is 1. The van der Waals surface area contributed by atoms with Crippen LogP contribution in [-0.2, 0) is 25.6 Å². The number of amides is 3. The number of aliphatic carboxylic acids is 1. The van der Waals surface area contributed by atoms with E-state index >= 15 is 0 Å². The van der Waals surface area contributed by atoms with Gasteiger partial charge in [-0.1, -0.05) is 93.6 Å². The average Bonchev–Trinajstić information content (AvgIpc) is 4.06. The Morgan fingerprint density at radius 3 is 2.27 bits per heavy atom. The molecule has 1 fully saturated rings. The van der Waals surface area contributed by atoms with Gasteiger partial charge in [-0.05, 0) is 79.8 Å². The lowest BCUT2D eigenvalue weighted by Crippen LogP contribution is -2.57. The maximum atomic E-state index is 14.3. The molecule has 0 saturated carbocycles. The number of likely N-dealkylation sites (tertiary alicyclic amines) is 1. The number of carbonyl (C=O) groups excluding carboxylic acids is 3. The van der Waals surface area contributed by atoms with E-state index < -0.39 is 41.5 Å². The molecule has 5 atom stereocenters. The van der Waals surface area contributed by atoms with Crippen molar-refractivity contribution < 1.29 is 29.4 Å². The molecule has 0 bridgehead atoms. The number of aryl methyl sites for hydroxylation is 4. The van der Waals surface area contributed by atoms with E-state index in [2.05, 4.69) is 39.7 Å². The lowest BCUT2D eigenvalue weighted by Gasteiger charge is -2.35. The molecule has 2 aliphatic rings. The van der Waals surface area contributed by atoms with Gasteiger partial charge in [-0.15, -0.1) is 32.9 Å². The van der Waals surface area contributed by atoms with Gasteiger partial charge in [0.25, 0.3) is 0 Å². The van der Waals surface area contributed by atoms with E-state index in [0.29, 0.717) is 23.8 Å². The first kappa shape index (κ1) is 47.1. The Bertz CT molecular complexity index is 2870. The van der Waals surface area contributed by atoms with Crippen molar-refractivity contribution in [3.8, 4) is 26.6 Å². The van der Waals surface area contributed by atoms with Crippen molar-refractivity contribution in [1.29, 1.82) is 0 Å². The molecule has 0 spiro atoms. The highest BCUT2D eigenvalue weighted by molar-refractivity contribution is 7.15. The van der Waals surface area contributed by atoms with Crippen LogP contribution in [-0.4, -0.2) is 89.0 Å². The van der Waals surface area contributed by atoms with Crippen LogP contribution < -0.4 is 10.6 Å². The van der Waals surface area contributed by atoms with Gasteiger partial charge in [0.05, 0.1) is 40.4 Å². The number of nitrogens with one attached hydrogen (secondary N) is 2. The summed E-state index contributed by atoms with van der Waals surface area (Å²) in [6, 6.07) is 21.1. The molecule has 2 unspecified atom stereocenters. The van der Waals surface area contributed by atoms with Crippen LogP contribution >= 0.6 is 22.7 Å². The Balaban J connectivity index is 0.927.